The van der Waals surface area contributed by atoms with Crippen molar-refractivity contribution in [2.45, 2.75) is 13.3 Å². The Labute approximate surface area is 158 Å². The van der Waals surface area contributed by atoms with E-state index in [1.165, 1.54) is 0 Å². The number of fused-ring (bicyclic) bond motifs is 1. The van der Waals surface area contributed by atoms with Crippen LogP contribution in [0.2, 0.25) is 0 Å². The SMILES string of the molecule is Cc1ccc(C(=O)NCCc2nnc3ccc(NCCN(C)C)nn23)cc1. The zero-order valence-corrected chi connectivity index (χ0v) is 15.9. The fourth-order valence-electron chi connectivity index (χ4n) is 2.59. The first-order valence-electron chi connectivity index (χ1n) is 8.98. The molecule has 0 fully saturated rings. The van der Waals surface area contributed by atoms with E-state index < -0.39 is 0 Å². The lowest BCUT2D eigenvalue weighted by atomic mass is 10.1. The number of nitrogens with zero attached hydrogens (tertiary/aromatic N) is 5. The lowest BCUT2D eigenvalue weighted by Gasteiger charge is -2.11. The second kappa shape index (κ2) is 8.59. The summed E-state index contributed by atoms with van der Waals surface area (Å²) in [7, 11) is 4.06. The van der Waals surface area contributed by atoms with Crippen molar-refractivity contribution >= 4 is 17.4 Å². The summed E-state index contributed by atoms with van der Waals surface area (Å²) >= 11 is 0. The summed E-state index contributed by atoms with van der Waals surface area (Å²) in [6.45, 7) is 4.18. The van der Waals surface area contributed by atoms with Crippen LogP contribution in [0.15, 0.2) is 36.4 Å². The van der Waals surface area contributed by atoms with E-state index >= 15 is 0 Å². The minimum Gasteiger partial charge on any atom is -0.367 e. The third kappa shape index (κ3) is 5.01. The fourth-order valence-corrected chi connectivity index (χ4v) is 2.59. The molecule has 0 saturated carbocycles. The molecule has 3 aromatic rings. The molecule has 0 atom stereocenters. The standard InChI is InChI=1S/C19H25N7O/c1-14-4-6-15(7-5-14)19(27)21-11-10-18-23-22-17-9-8-16(24-26(17)18)20-12-13-25(2)3/h4-9H,10-13H2,1-3H3,(H,20,24)(H,21,27). The van der Waals surface area contributed by atoms with Gasteiger partial charge in [0.15, 0.2) is 11.5 Å². The molecule has 2 aromatic heterocycles. The van der Waals surface area contributed by atoms with Gasteiger partial charge in [-0.15, -0.1) is 15.3 Å². The first-order chi connectivity index (χ1) is 13.0. The van der Waals surface area contributed by atoms with E-state index in [-0.39, 0.29) is 5.91 Å². The fraction of sp³-hybridized carbons (Fsp3) is 0.368. The molecular weight excluding hydrogens is 342 g/mol. The topological polar surface area (TPSA) is 87.4 Å². The number of amides is 1. The third-order valence-corrected chi connectivity index (χ3v) is 4.14. The normalized spacial score (nSPS) is 11.1. The molecular formula is C19H25N7O. The summed E-state index contributed by atoms with van der Waals surface area (Å²) in [6.07, 6.45) is 0.549. The van der Waals surface area contributed by atoms with Crippen molar-refractivity contribution in [1.82, 2.24) is 30.0 Å². The van der Waals surface area contributed by atoms with Crippen molar-refractivity contribution in [3.05, 3.63) is 53.3 Å². The molecule has 2 N–H and O–H groups in total. The van der Waals surface area contributed by atoms with Crippen molar-refractivity contribution in [3.63, 3.8) is 0 Å². The maximum absolute atomic E-state index is 12.2. The Balaban J connectivity index is 1.59. The van der Waals surface area contributed by atoms with Crippen LogP contribution in [0.4, 0.5) is 5.82 Å². The quantitative estimate of drug-likeness (QED) is 0.625. The average Bonchev–Trinajstić information content (AvgIpc) is 3.04. The zero-order chi connectivity index (χ0) is 19.2. The molecule has 3 rings (SSSR count). The van der Waals surface area contributed by atoms with Gasteiger partial charge >= 0.3 is 0 Å². The molecule has 0 aliphatic rings. The Morgan fingerprint density at radius 3 is 2.59 bits per heavy atom. The number of aromatic nitrogens is 4. The van der Waals surface area contributed by atoms with E-state index in [0.717, 1.165) is 24.5 Å². The minimum atomic E-state index is -0.0946. The maximum atomic E-state index is 12.2. The van der Waals surface area contributed by atoms with Gasteiger partial charge in [-0.1, -0.05) is 17.7 Å². The van der Waals surface area contributed by atoms with Gasteiger partial charge in [0.2, 0.25) is 0 Å². The lowest BCUT2D eigenvalue weighted by Crippen LogP contribution is -2.26. The molecule has 2 heterocycles. The summed E-state index contributed by atoms with van der Waals surface area (Å²) in [5, 5.41) is 19.1. The van der Waals surface area contributed by atoms with Crippen molar-refractivity contribution in [2.24, 2.45) is 0 Å². The molecule has 1 amide bonds. The molecule has 0 aliphatic heterocycles. The Bertz CT molecular complexity index is 902. The first kappa shape index (κ1) is 18.8. The van der Waals surface area contributed by atoms with Crippen LogP contribution >= 0.6 is 0 Å². The molecule has 0 aliphatic carbocycles. The minimum absolute atomic E-state index is 0.0946. The highest BCUT2D eigenvalue weighted by atomic mass is 16.1. The van der Waals surface area contributed by atoms with Gasteiger partial charge in [-0.25, -0.2) is 0 Å². The van der Waals surface area contributed by atoms with Gasteiger partial charge in [-0.05, 0) is 45.3 Å². The third-order valence-electron chi connectivity index (χ3n) is 4.14. The van der Waals surface area contributed by atoms with Crippen LogP contribution in [-0.2, 0) is 6.42 Å². The number of aryl methyl sites for hydroxylation is 1. The Hall–Kier alpha value is -3.00. The average molecular weight is 367 g/mol. The molecule has 0 spiro atoms. The number of nitrogens with one attached hydrogen (secondary N) is 2. The second-order valence-electron chi connectivity index (χ2n) is 6.71. The van der Waals surface area contributed by atoms with Crippen molar-refractivity contribution in [3.8, 4) is 0 Å². The van der Waals surface area contributed by atoms with Gasteiger partial charge < -0.3 is 15.5 Å². The summed E-state index contributed by atoms with van der Waals surface area (Å²) in [5.41, 5.74) is 2.47. The van der Waals surface area contributed by atoms with Crippen molar-refractivity contribution < 1.29 is 4.79 Å². The molecule has 1 aromatic carbocycles. The summed E-state index contributed by atoms with van der Waals surface area (Å²) in [5.74, 6) is 1.39. The number of benzene rings is 1. The summed E-state index contributed by atoms with van der Waals surface area (Å²) in [6, 6.07) is 11.3. The zero-order valence-electron chi connectivity index (χ0n) is 15.9. The number of anilines is 1. The van der Waals surface area contributed by atoms with Crippen LogP contribution in [0.3, 0.4) is 0 Å². The van der Waals surface area contributed by atoms with Gasteiger partial charge in [0.1, 0.15) is 5.82 Å². The summed E-state index contributed by atoms with van der Waals surface area (Å²) < 4.78 is 1.72. The molecule has 0 saturated heterocycles. The van der Waals surface area contributed by atoms with E-state index in [0.29, 0.717) is 30.0 Å². The predicted octanol–water partition coefficient (Wildman–Crippen LogP) is 1.38. The van der Waals surface area contributed by atoms with Gasteiger partial charge in [0.25, 0.3) is 5.91 Å². The highest BCUT2D eigenvalue weighted by Gasteiger charge is 2.09. The van der Waals surface area contributed by atoms with Gasteiger partial charge in [0.05, 0.1) is 0 Å². The number of carbonyl (C=O) groups excluding carboxylic acids is 1. The van der Waals surface area contributed by atoms with Crippen LogP contribution in [0.25, 0.3) is 5.65 Å². The number of hydrogen-bond acceptors (Lipinski definition) is 6. The predicted molar refractivity (Wildman–Crippen MR) is 105 cm³/mol. The largest absolute Gasteiger partial charge is 0.367 e. The highest BCUT2D eigenvalue weighted by Crippen LogP contribution is 2.08. The van der Waals surface area contributed by atoms with Crippen molar-refractivity contribution in [1.29, 1.82) is 0 Å². The maximum Gasteiger partial charge on any atom is 0.251 e. The van der Waals surface area contributed by atoms with Crippen LogP contribution in [0, 0.1) is 6.92 Å². The van der Waals surface area contributed by atoms with E-state index in [9.17, 15) is 4.79 Å². The number of carbonyl (C=O) groups is 1. The van der Waals surface area contributed by atoms with Crippen LogP contribution in [0.5, 0.6) is 0 Å². The second-order valence-corrected chi connectivity index (χ2v) is 6.71. The Morgan fingerprint density at radius 2 is 1.85 bits per heavy atom. The molecule has 8 heteroatoms. The number of likely N-dealkylation sites (N-methyl/N-ethyl adjacent to an activating group) is 1. The molecule has 0 radical (unpaired) electrons. The van der Waals surface area contributed by atoms with E-state index in [1.807, 2.05) is 57.4 Å². The van der Waals surface area contributed by atoms with E-state index in [4.69, 9.17) is 0 Å². The Kier molecular flexibility index (Phi) is 5.97. The monoisotopic (exact) mass is 367 g/mol. The number of rotatable bonds is 8. The van der Waals surface area contributed by atoms with Gasteiger partial charge in [0, 0.05) is 31.6 Å². The summed E-state index contributed by atoms with van der Waals surface area (Å²) in [4.78, 5) is 14.3. The molecule has 8 nitrogen and oxygen atoms in total. The van der Waals surface area contributed by atoms with Crippen LogP contribution < -0.4 is 10.6 Å². The smallest absolute Gasteiger partial charge is 0.251 e. The highest BCUT2D eigenvalue weighted by molar-refractivity contribution is 5.94. The van der Waals surface area contributed by atoms with Crippen LogP contribution in [-0.4, -0.2) is 64.3 Å². The van der Waals surface area contributed by atoms with Gasteiger partial charge in [-0.3, -0.25) is 4.79 Å². The van der Waals surface area contributed by atoms with Crippen molar-refractivity contribution in [2.75, 3.05) is 39.0 Å². The molecule has 0 unspecified atom stereocenters. The van der Waals surface area contributed by atoms with E-state index in [1.54, 1.807) is 4.52 Å². The van der Waals surface area contributed by atoms with E-state index in [2.05, 4.69) is 30.8 Å². The first-order valence-corrected chi connectivity index (χ1v) is 8.98. The van der Waals surface area contributed by atoms with Crippen LogP contribution in [0.1, 0.15) is 21.7 Å². The molecule has 142 valence electrons. The lowest BCUT2D eigenvalue weighted by molar-refractivity contribution is 0.0954. The molecule has 27 heavy (non-hydrogen) atoms. The van der Waals surface area contributed by atoms with Gasteiger partial charge in [-0.2, -0.15) is 4.52 Å². The molecule has 0 bridgehead atoms. The Morgan fingerprint density at radius 1 is 1.07 bits per heavy atom. The number of hydrogen-bond donors (Lipinski definition) is 2.